The maximum Gasteiger partial charge on any atom is 0.408 e. The SMILES string of the molecule is COC(=O)[C@H](CCC[C@H]1O[C@H](COCc2ccccc2)[C@@H](OCc2ccccc2)[C@H](OCc2ccccc2)[C@@H]1NC(C)=O)NC(=O)OC(C)(C)C. The number of benzene rings is 3. The zero-order valence-corrected chi connectivity index (χ0v) is 30.2. The lowest BCUT2D eigenvalue weighted by molar-refractivity contribution is -0.233. The van der Waals surface area contributed by atoms with Crippen LogP contribution in [0.3, 0.4) is 0 Å². The fourth-order valence-corrected chi connectivity index (χ4v) is 5.97. The van der Waals surface area contributed by atoms with Gasteiger partial charge in [-0.3, -0.25) is 4.79 Å². The summed E-state index contributed by atoms with van der Waals surface area (Å²) >= 11 is 0. The van der Waals surface area contributed by atoms with E-state index in [1.54, 1.807) is 20.8 Å². The van der Waals surface area contributed by atoms with Crippen LogP contribution in [-0.4, -0.2) is 73.8 Å². The first-order valence-corrected chi connectivity index (χ1v) is 17.4. The molecule has 2 amide bonds. The van der Waals surface area contributed by atoms with Gasteiger partial charge >= 0.3 is 12.1 Å². The summed E-state index contributed by atoms with van der Waals surface area (Å²) < 4.78 is 36.6. The molecule has 1 heterocycles. The lowest BCUT2D eigenvalue weighted by atomic mass is 9.89. The zero-order valence-electron chi connectivity index (χ0n) is 30.2. The Kier molecular flexibility index (Phi) is 15.4. The highest BCUT2D eigenvalue weighted by Gasteiger charge is 2.48. The number of amides is 2. The number of rotatable bonds is 17. The average Bonchev–Trinajstić information content (AvgIpc) is 3.10. The summed E-state index contributed by atoms with van der Waals surface area (Å²) in [6.45, 7) is 7.84. The van der Waals surface area contributed by atoms with Gasteiger partial charge in [0.15, 0.2) is 0 Å². The molecule has 0 radical (unpaired) electrons. The second-order valence-corrected chi connectivity index (χ2v) is 13.6. The molecule has 0 bridgehead atoms. The molecule has 51 heavy (non-hydrogen) atoms. The van der Waals surface area contributed by atoms with E-state index in [4.69, 9.17) is 28.4 Å². The van der Waals surface area contributed by atoms with Crippen LogP contribution in [0.5, 0.6) is 0 Å². The van der Waals surface area contributed by atoms with Gasteiger partial charge in [0.25, 0.3) is 0 Å². The van der Waals surface area contributed by atoms with E-state index >= 15 is 0 Å². The number of methoxy groups -OCH3 is 1. The Morgan fingerprint density at radius 1 is 0.765 bits per heavy atom. The Bertz CT molecular complexity index is 1480. The number of nitrogens with one attached hydrogen (secondary N) is 2. The quantitative estimate of drug-likeness (QED) is 0.166. The summed E-state index contributed by atoms with van der Waals surface area (Å²) in [6.07, 6.45) is -1.97. The van der Waals surface area contributed by atoms with Gasteiger partial charge in [-0.05, 0) is 56.7 Å². The molecule has 0 aromatic heterocycles. The van der Waals surface area contributed by atoms with E-state index in [2.05, 4.69) is 10.6 Å². The van der Waals surface area contributed by atoms with Crippen LogP contribution in [0.2, 0.25) is 0 Å². The summed E-state index contributed by atoms with van der Waals surface area (Å²) in [6, 6.07) is 28.0. The third-order valence-electron chi connectivity index (χ3n) is 8.29. The first-order chi connectivity index (χ1) is 24.5. The minimum absolute atomic E-state index is 0.202. The van der Waals surface area contributed by atoms with Crippen molar-refractivity contribution in [3.8, 4) is 0 Å². The topological polar surface area (TPSA) is 131 Å². The van der Waals surface area contributed by atoms with Gasteiger partial charge in [0, 0.05) is 6.92 Å². The van der Waals surface area contributed by atoms with E-state index in [-0.39, 0.29) is 25.5 Å². The Labute approximate surface area is 301 Å². The number of ether oxygens (including phenoxy) is 6. The molecule has 0 aliphatic carbocycles. The lowest BCUT2D eigenvalue weighted by Gasteiger charge is -2.47. The number of hydrogen-bond acceptors (Lipinski definition) is 9. The van der Waals surface area contributed by atoms with Crippen molar-refractivity contribution in [3.05, 3.63) is 108 Å². The third-order valence-corrected chi connectivity index (χ3v) is 8.29. The van der Waals surface area contributed by atoms with Crippen LogP contribution in [0.25, 0.3) is 0 Å². The largest absolute Gasteiger partial charge is 0.467 e. The van der Waals surface area contributed by atoms with E-state index < -0.39 is 54.2 Å². The van der Waals surface area contributed by atoms with E-state index in [1.807, 2.05) is 91.0 Å². The van der Waals surface area contributed by atoms with E-state index in [0.717, 1.165) is 16.7 Å². The summed E-state index contributed by atoms with van der Waals surface area (Å²) in [5.74, 6) is -0.837. The molecule has 1 aliphatic heterocycles. The number of alkyl carbamates (subject to hydrolysis) is 1. The molecule has 276 valence electrons. The Morgan fingerprint density at radius 3 is 1.80 bits per heavy atom. The fourth-order valence-electron chi connectivity index (χ4n) is 5.97. The van der Waals surface area contributed by atoms with Gasteiger partial charge in [-0.2, -0.15) is 0 Å². The predicted octanol–water partition coefficient (Wildman–Crippen LogP) is 5.88. The number of carbonyl (C=O) groups is 3. The lowest BCUT2D eigenvalue weighted by Crippen LogP contribution is -2.65. The van der Waals surface area contributed by atoms with Gasteiger partial charge in [-0.15, -0.1) is 0 Å². The van der Waals surface area contributed by atoms with Crippen molar-refractivity contribution in [1.29, 1.82) is 0 Å². The van der Waals surface area contributed by atoms with E-state index in [1.165, 1.54) is 14.0 Å². The summed E-state index contributed by atoms with van der Waals surface area (Å²) in [7, 11) is 1.27. The number of esters is 1. The minimum Gasteiger partial charge on any atom is -0.467 e. The highest BCUT2D eigenvalue weighted by Crippen LogP contribution is 2.31. The van der Waals surface area contributed by atoms with Gasteiger partial charge in [0.05, 0.1) is 45.7 Å². The predicted molar refractivity (Wildman–Crippen MR) is 191 cm³/mol. The minimum atomic E-state index is -0.940. The molecule has 1 saturated heterocycles. The van der Waals surface area contributed by atoms with Gasteiger partial charge in [-0.25, -0.2) is 9.59 Å². The maximum absolute atomic E-state index is 12.7. The highest BCUT2D eigenvalue weighted by atomic mass is 16.6. The zero-order chi connectivity index (χ0) is 36.6. The van der Waals surface area contributed by atoms with Crippen molar-refractivity contribution >= 4 is 18.0 Å². The molecule has 1 fully saturated rings. The molecule has 0 saturated carbocycles. The average molecular weight is 705 g/mol. The molecule has 3 aromatic rings. The van der Waals surface area contributed by atoms with Crippen molar-refractivity contribution in [3.63, 3.8) is 0 Å². The van der Waals surface area contributed by atoms with Crippen molar-refractivity contribution < 1.29 is 42.8 Å². The number of carbonyl (C=O) groups excluding carboxylic acids is 3. The van der Waals surface area contributed by atoms with Crippen LogP contribution in [0.1, 0.15) is 63.6 Å². The van der Waals surface area contributed by atoms with Crippen LogP contribution >= 0.6 is 0 Å². The summed E-state index contributed by atoms with van der Waals surface area (Å²) in [5, 5.41) is 5.72. The van der Waals surface area contributed by atoms with Gasteiger partial charge in [0.1, 0.15) is 30.0 Å². The molecule has 0 spiro atoms. The van der Waals surface area contributed by atoms with Gasteiger partial charge < -0.3 is 39.1 Å². The Morgan fingerprint density at radius 2 is 1.29 bits per heavy atom. The van der Waals surface area contributed by atoms with Crippen molar-refractivity contribution in [2.45, 2.75) is 109 Å². The maximum atomic E-state index is 12.7. The second-order valence-electron chi connectivity index (χ2n) is 13.6. The Balaban J connectivity index is 1.59. The molecule has 0 unspecified atom stereocenters. The van der Waals surface area contributed by atoms with Crippen molar-refractivity contribution in [2.75, 3.05) is 13.7 Å². The van der Waals surface area contributed by atoms with Crippen molar-refractivity contribution in [1.82, 2.24) is 10.6 Å². The van der Waals surface area contributed by atoms with Crippen molar-refractivity contribution in [2.24, 2.45) is 0 Å². The Hall–Kier alpha value is -4.29. The molecule has 3 aromatic carbocycles. The molecule has 6 atom stereocenters. The first-order valence-electron chi connectivity index (χ1n) is 17.4. The smallest absolute Gasteiger partial charge is 0.408 e. The highest BCUT2D eigenvalue weighted by molar-refractivity contribution is 5.81. The third kappa shape index (κ3) is 13.4. The van der Waals surface area contributed by atoms with Crippen LogP contribution in [0, 0.1) is 0 Å². The summed E-state index contributed by atoms with van der Waals surface area (Å²) in [4.78, 5) is 37.9. The monoisotopic (exact) mass is 704 g/mol. The van der Waals surface area contributed by atoms with E-state index in [0.29, 0.717) is 26.1 Å². The van der Waals surface area contributed by atoms with E-state index in [9.17, 15) is 14.4 Å². The fraction of sp³-hybridized carbons (Fsp3) is 0.475. The molecule has 1 aliphatic rings. The molecular formula is C40H52N2O9. The molecule has 11 nitrogen and oxygen atoms in total. The normalized spacial score (nSPS) is 20.9. The van der Waals surface area contributed by atoms with Crippen LogP contribution in [-0.2, 0) is 57.8 Å². The second kappa shape index (κ2) is 19.9. The van der Waals surface area contributed by atoms with Gasteiger partial charge in [-0.1, -0.05) is 91.0 Å². The number of hydrogen-bond donors (Lipinski definition) is 2. The molecule has 2 N–H and O–H groups in total. The van der Waals surface area contributed by atoms with Crippen LogP contribution < -0.4 is 10.6 Å². The van der Waals surface area contributed by atoms with Crippen LogP contribution in [0.15, 0.2) is 91.0 Å². The molecule has 4 rings (SSSR count). The standard InChI is InChI=1S/C40H52N2O9/c1-28(43)41-35-33(23-15-22-32(38(44)46-5)42-39(45)51-40(2,3)4)50-34(27-47-24-29-16-9-6-10-17-29)36(48-25-30-18-11-7-12-19-30)37(35)49-26-31-20-13-8-14-21-31/h6-14,16-21,32-37H,15,22-27H2,1-5H3,(H,41,43)(H,42,45)/t32-,33+,34+,35+,36+,37+/m0/s1. The molecular weight excluding hydrogens is 652 g/mol. The van der Waals surface area contributed by atoms with Gasteiger partial charge in [0.2, 0.25) is 5.91 Å². The molecule has 11 heteroatoms. The van der Waals surface area contributed by atoms with Crippen LogP contribution in [0.4, 0.5) is 4.79 Å². The summed E-state index contributed by atoms with van der Waals surface area (Å²) in [5.41, 5.74) is 2.23. The first kappa shape index (κ1) is 39.5.